The maximum atomic E-state index is 10.2. The molecular weight excluding hydrogens is 214 g/mol. The topological polar surface area (TPSA) is 41.3 Å². The van der Waals surface area contributed by atoms with E-state index in [1.807, 2.05) is 12.5 Å². The SMILES string of the molecule is CC(C)n1cncc1CN1CC(O)(C(C)C)C1. The number of aliphatic hydroxyl groups is 1. The van der Waals surface area contributed by atoms with Crippen LogP contribution in [-0.4, -0.2) is 38.2 Å². The van der Waals surface area contributed by atoms with Crippen LogP contribution in [0.4, 0.5) is 0 Å². The summed E-state index contributed by atoms with van der Waals surface area (Å²) in [5.74, 6) is 0.328. The van der Waals surface area contributed by atoms with Gasteiger partial charge >= 0.3 is 0 Å². The Hall–Kier alpha value is -0.870. The lowest BCUT2D eigenvalue weighted by molar-refractivity contribution is -0.131. The highest BCUT2D eigenvalue weighted by Crippen LogP contribution is 2.29. The highest BCUT2D eigenvalue weighted by atomic mass is 16.3. The maximum absolute atomic E-state index is 10.2. The van der Waals surface area contributed by atoms with E-state index in [0.717, 1.165) is 19.6 Å². The fraction of sp³-hybridized carbons (Fsp3) is 0.769. The molecule has 1 aromatic heterocycles. The molecule has 96 valence electrons. The quantitative estimate of drug-likeness (QED) is 0.866. The second-order valence-electron chi connectivity index (χ2n) is 5.79. The highest BCUT2D eigenvalue weighted by Gasteiger charge is 2.43. The van der Waals surface area contributed by atoms with Crippen molar-refractivity contribution in [1.29, 1.82) is 0 Å². The minimum absolute atomic E-state index is 0.328. The molecule has 4 heteroatoms. The Kier molecular flexibility index (Phi) is 3.27. The largest absolute Gasteiger partial charge is 0.387 e. The summed E-state index contributed by atoms with van der Waals surface area (Å²) >= 11 is 0. The van der Waals surface area contributed by atoms with Crippen molar-refractivity contribution in [2.75, 3.05) is 13.1 Å². The van der Waals surface area contributed by atoms with Gasteiger partial charge in [0.1, 0.15) is 0 Å². The first-order valence-corrected chi connectivity index (χ1v) is 6.38. The van der Waals surface area contributed by atoms with Gasteiger partial charge in [0.05, 0.1) is 17.6 Å². The average Bonchev–Trinajstić information content (AvgIpc) is 2.62. The van der Waals surface area contributed by atoms with Crippen LogP contribution in [-0.2, 0) is 6.54 Å². The predicted octanol–water partition coefficient (Wildman–Crippen LogP) is 1.67. The zero-order chi connectivity index (χ0) is 12.6. The number of aromatic nitrogens is 2. The molecule has 1 fully saturated rings. The summed E-state index contributed by atoms with van der Waals surface area (Å²) < 4.78 is 2.19. The lowest BCUT2D eigenvalue weighted by atomic mass is 9.83. The van der Waals surface area contributed by atoms with Gasteiger partial charge in [-0.25, -0.2) is 4.98 Å². The second kappa shape index (κ2) is 4.42. The van der Waals surface area contributed by atoms with Crippen molar-refractivity contribution >= 4 is 0 Å². The summed E-state index contributed by atoms with van der Waals surface area (Å²) in [6.07, 6.45) is 3.81. The van der Waals surface area contributed by atoms with E-state index in [9.17, 15) is 5.11 Å². The van der Waals surface area contributed by atoms with Crippen LogP contribution in [0.15, 0.2) is 12.5 Å². The molecule has 0 aromatic carbocycles. The van der Waals surface area contributed by atoms with Gasteiger partial charge in [-0.15, -0.1) is 0 Å². The van der Waals surface area contributed by atoms with Gasteiger partial charge < -0.3 is 9.67 Å². The van der Waals surface area contributed by atoms with Gasteiger partial charge in [-0.05, 0) is 19.8 Å². The van der Waals surface area contributed by atoms with Crippen molar-refractivity contribution < 1.29 is 5.11 Å². The molecular formula is C13H23N3O. The van der Waals surface area contributed by atoms with Crippen molar-refractivity contribution in [3.8, 4) is 0 Å². The maximum Gasteiger partial charge on any atom is 0.0951 e. The molecule has 0 unspecified atom stereocenters. The molecule has 0 spiro atoms. The van der Waals surface area contributed by atoms with E-state index < -0.39 is 5.60 Å². The van der Waals surface area contributed by atoms with Gasteiger partial charge in [0.25, 0.3) is 0 Å². The van der Waals surface area contributed by atoms with E-state index in [4.69, 9.17) is 0 Å². The Labute approximate surface area is 103 Å². The van der Waals surface area contributed by atoms with E-state index in [0.29, 0.717) is 12.0 Å². The zero-order valence-electron chi connectivity index (χ0n) is 11.2. The Morgan fingerprint density at radius 1 is 1.35 bits per heavy atom. The molecule has 1 aliphatic heterocycles. The highest BCUT2D eigenvalue weighted by molar-refractivity contribution is 5.05. The molecule has 1 saturated heterocycles. The smallest absolute Gasteiger partial charge is 0.0951 e. The standard InChI is InChI=1S/C13H23N3O/c1-10(2)13(17)7-15(8-13)6-12-5-14-9-16(12)11(3)4/h5,9-11,17H,6-8H2,1-4H3. The van der Waals surface area contributed by atoms with Crippen LogP contribution in [0.2, 0.25) is 0 Å². The summed E-state index contributed by atoms with van der Waals surface area (Å²) in [7, 11) is 0. The van der Waals surface area contributed by atoms with E-state index in [-0.39, 0.29) is 0 Å². The third-order valence-electron chi connectivity index (χ3n) is 3.76. The third-order valence-corrected chi connectivity index (χ3v) is 3.76. The van der Waals surface area contributed by atoms with Crippen molar-refractivity contribution in [2.24, 2.45) is 5.92 Å². The number of nitrogens with zero attached hydrogens (tertiary/aromatic N) is 3. The number of hydrogen-bond donors (Lipinski definition) is 1. The first-order chi connectivity index (χ1) is 7.92. The Morgan fingerprint density at radius 2 is 2.00 bits per heavy atom. The lowest BCUT2D eigenvalue weighted by Crippen LogP contribution is -2.63. The van der Waals surface area contributed by atoms with Crippen LogP contribution in [0.3, 0.4) is 0 Å². The Bertz CT molecular complexity index is 378. The summed E-state index contributed by atoms with van der Waals surface area (Å²) in [5.41, 5.74) is 0.744. The summed E-state index contributed by atoms with van der Waals surface area (Å²) in [6, 6.07) is 0.442. The van der Waals surface area contributed by atoms with Crippen LogP contribution in [0.5, 0.6) is 0 Å². The number of rotatable bonds is 4. The molecule has 4 nitrogen and oxygen atoms in total. The van der Waals surface area contributed by atoms with E-state index in [1.54, 1.807) is 0 Å². The molecule has 1 aliphatic rings. The fourth-order valence-corrected chi connectivity index (χ4v) is 2.35. The van der Waals surface area contributed by atoms with Gasteiger partial charge in [-0.1, -0.05) is 13.8 Å². The predicted molar refractivity (Wildman–Crippen MR) is 67.7 cm³/mol. The number of hydrogen-bond acceptors (Lipinski definition) is 3. The van der Waals surface area contributed by atoms with E-state index in [2.05, 4.69) is 42.1 Å². The van der Waals surface area contributed by atoms with Crippen LogP contribution in [0, 0.1) is 5.92 Å². The minimum atomic E-state index is -0.483. The first kappa shape index (κ1) is 12.6. The van der Waals surface area contributed by atoms with Crippen LogP contribution in [0.1, 0.15) is 39.4 Å². The van der Waals surface area contributed by atoms with Crippen LogP contribution in [0.25, 0.3) is 0 Å². The molecule has 1 aromatic rings. The van der Waals surface area contributed by atoms with Crippen molar-refractivity contribution in [1.82, 2.24) is 14.5 Å². The van der Waals surface area contributed by atoms with Gasteiger partial charge in [0.15, 0.2) is 0 Å². The van der Waals surface area contributed by atoms with Crippen molar-refractivity contribution in [3.63, 3.8) is 0 Å². The van der Waals surface area contributed by atoms with Gasteiger partial charge in [0.2, 0.25) is 0 Å². The van der Waals surface area contributed by atoms with Gasteiger partial charge in [0, 0.05) is 31.9 Å². The number of β-amino-alcohol motifs (C(OH)–C–C–N with tert-alkyl or cyclic N) is 1. The lowest BCUT2D eigenvalue weighted by Gasteiger charge is -2.49. The number of likely N-dealkylation sites (tertiary alicyclic amines) is 1. The van der Waals surface area contributed by atoms with E-state index in [1.165, 1.54) is 5.69 Å². The molecule has 0 saturated carbocycles. The molecule has 2 rings (SSSR count). The molecule has 2 heterocycles. The van der Waals surface area contributed by atoms with Crippen LogP contribution >= 0.6 is 0 Å². The zero-order valence-corrected chi connectivity index (χ0v) is 11.2. The molecule has 0 bridgehead atoms. The Balaban J connectivity index is 1.94. The minimum Gasteiger partial charge on any atom is -0.387 e. The summed E-state index contributed by atoms with van der Waals surface area (Å²) in [5, 5.41) is 10.2. The number of imidazole rings is 1. The second-order valence-corrected chi connectivity index (χ2v) is 5.79. The Morgan fingerprint density at radius 3 is 2.53 bits per heavy atom. The molecule has 1 N–H and O–H groups in total. The van der Waals surface area contributed by atoms with Gasteiger partial charge in [-0.2, -0.15) is 0 Å². The molecule has 0 amide bonds. The first-order valence-electron chi connectivity index (χ1n) is 6.38. The molecule has 17 heavy (non-hydrogen) atoms. The summed E-state index contributed by atoms with van der Waals surface area (Å²) in [6.45, 7) is 10.9. The summed E-state index contributed by atoms with van der Waals surface area (Å²) in [4.78, 5) is 6.47. The molecule has 0 atom stereocenters. The average molecular weight is 237 g/mol. The van der Waals surface area contributed by atoms with Crippen LogP contribution < -0.4 is 0 Å². The van der Waals surface area contributed by atoms with E-state index >= 15 is 0 Å². The normalized spacial score (nSPS) is 19.9. The van der Waals surface area contributed by atoms with Gasteiger partial charge in [-0.3, -0.25) is 4.90 Å². The third kappa shape index (κ3) is 2.38. The van der Waals surface area contributed by atoms with Crippen molar-refractivity contribution in [2.45, 2.75) is 45.9 Å². The fourth-order valence-electron chi connectivity index (χ4n) is 2.35. The molecule has 0 aliphatic carbocycles. The monoisotopic (exact) mass is 237 g/mol. The van der Waals surface area contributed by atoms with Crippen molar-refractivity contribution in [3.05, 3.63) is 18.2 Å². The molecule has 0 radical (unpaired) electrons.